The lowest BCUT2D eigenvalue weighted by molar-refractivity contribution is 0.00888. The number of nitrogens with zero attached hydrogens (tertiary/aromatic N) is 3. The summed E-state index contributed by atoms with van der Waals surface area (Å²) in [4.78, 5) is 19.3. The van der Waals surface area contributed by atoms with Crippen LogP contribution in [-0.4, -0.2) is 71.7 Å². The van der Waals surface area contributed by atoms with E-state index >= 15 is 0 Å². The van der Waals surface area contributed by atoms with Crippen LogP contribution in [0.4, 0.5) is 4.79 Å². The van der Waals surface area contributed by atoms with Gasteiger partial charge in [-0.1, -0.05) is 48.9 Å². The Balaban J connectivity index is 2.03. The van der Waals surface area contributed by atoms with E-state index in [1.165, 1.54) is 11.1 Å². The third kappa shape index (κ3) is 8.55. The van der Waals surface area contributed by atoms with E-state index in [9.17, 15) is 4.79 Å². The molecule has 0 saturated carbocycles. The van der Waals surface area contributed by atoms with E-state index in [2.05, 4.69) is 46.8 Å². The van der Waals surface area contributed by atoms with Crippen molar-refractivity contribution in [2.45, 2.75) is 71.6 Å². The number of halogens is 1. The number of ether oxygens (including phenoxy) is 1. The molecule has 40 heavy (non-hydrogen) atoms. The van der Waals surface area contributed by atoms with Gasteiger partial charge in [0.1, 0.15) is 5.60 Å². The quantitative estimate of drug-likeness (QED) is 0.358. The number of carbonyl (C=O) groups excluding carboxylic acids is 1. The number of carbonyl (C=O) groups is 1. The normalized spacial score (nSPS) is 22.3. The molecule has 2 atom stereocenters. The zero-order valence-electron chi connectivity index (χ0n) is 25.0. The highest BCUT2D eigenvalue weighted by molar-refractivity contribution is 6.30. The molecule has 1 aromatic rings. The Labute approximate surface area is 246 Å². The molecule has 0 bridgehead atoms. The van der Waals surface area contributed by atoms with Gasteiger partial charge in [0.05, 0.1) is 12.1 Å². The molecule has 7 nitrogen and oxygen atoms in total. The van der Waals surface area contributed by atoms with Crippen LogP contribution in [-0.2, 0) is 4.74 Å². The molecule has 1 aliphatic carbocycles. The lowest BCUT2D eigenvalue weighted by Crippen LogP contribution is -2.54. The molecular weight excluding hydrogens is 522 g/mol. The fourth-order valence-electron chi connectivity index (χ4n) is 5.47. The van der Waals surface area contributed by atoms with Gasteiger partial charge in [-0.15, -0.1) is 0 Å². The van der Waals surface area contributed by atoms with E-state index in [1.807, 2.05) is 57.1 Å². The standard InChI is InChI=1S/C32H48ClN5O2/c1-7-15-35-29-24(3)10-9-11-25(23-36(16-8-2)17-14-34)28-22-26(33)12-13-27(28)30(29)37-18-20-38(21-19-37)31(39)40-32(4,5)6/h7,11-15,17,22,29-30,35H,3,8-10,16,18-21,23,34H2,1-2,4-6H3/b15-7-,17-14-,25-11-. The minimum Gasteiger partial charge on any atom is -0.444 e. The molecule has 2 aliphatic rings. The van der Waals surface area contributed by atoms with Gasteiger partial charge in [-0.2, -0.15) is 0 Å². The van der Waals surface area contributed by atoms with E-state index in [0.717, 1.165) is 56.6 Å². The van der Waals surface area contributed by atoms with Gasteiger partial charge in [0.25, 0.3) is 0 Å². The van der Waals surface area contributed by atoms with Crippen molar-refractivity contribution in [2.75, 3.05) is 39.3 Å². The predicted molar refractivity (Wildman–Crippen MR) is 167 cm³/mol. The summed E-state index contributed by atoms with van der Waals surface area (Å²) in [6, 6.07) is 6.25. The molecule has 3 rings (SSSR count). The van der Waals surface area contributed by atoms with Crippen molar-refractivity contribution in [3.05, 3.63) is 77.3 Å². The van der Waals surface area contributed by atoms with E-state index in [4.69, 9.17) is 22.1 Å². The highest BCUT2D eigenvalue weighted by Gasteiger charge is 2.36. The second-order valence-corrected chi connectivity index (χ2v) is 12.0. The largest absolute Gasteiger partial charge is 0.444 e. The van der Waals surface area contributed by atoms with Gasteiger partial charge < -0.3 is 25.6 Å². The molecule has 0 radical (unpaired) electrons. The first-order valence-electron chi connectivity index (χ1n) is 14.5. The van der Waals surface area contributed by atoms with Gasteiger partial charge in [0.15, 0.2) is 0 Å². The fraction of sp³-hybridized carbons (Fsp3) is 0.531. The first-order valence-corrected chi connectivity index (χ1v) is 14.8. The van der Waals surface area contributed by atoms with Crippen LogP contribution < -0.4 is 11.1 Å². The summed E-state index contributed by atoms with van der Waals surface area (Å²) < 4.78 is 5.65. The third-order valence-corrected chi connectivity index (χ3v) is 7.51. The summed E-state index contributed by atoms with van der Waals surface area (Å²) in [5.41, 5.74) is 10.0. The number of rotatable bonds is 8. The maximum absolute atomic E-state index is 12.8. The summed E-state index contributed by atoms with van der Waals surface area (Å²) in [6.45, 7) is 18.8. The molecule has 8 heteroatoms. The summed E-state index contributed by atoms with van der Waals surface area (Å²) in [7, 11) is 0. The molecular formula is C32H48ClN5O2. The third-order valence-electron chi connectivity index (χ3n) is 7.27. The van der Waals surface area contributed by atoms with Crippen LogP contribution in [0.25, 0.3) is 5.57 Å². The van der Waals surface area contributed by atoms with Gasteiger partial charge in [0, 0.05) is 56.7 Å². The zero-order valence-corrected chi connectivity index (χ0v) is 25.7. The number of piperazine rings is 1. The van der Waals surface area contributed by atoms with Crippen molar-refractivity contribution in [2.24, 2.45) is 5.73 Å². The van der Waals surface area contributed by atoms with Gasteiger partial charge in [-0.25, -0.2) is 4.79 Å². The van der Waals surface area contributed by atoms with Crippen LogP contribution in [0.3, 0.4) is 0 Å². The smallest absolute Gasteiger partial charge is 0.410 e. The topological polar surface area (TPSA) is 74.1 Å². The van der Waals surface area contributed by atoms with E-state index in [0.29, 0.717) is 18.1 Å². The average Bonchev–Trinajstić information content (AvgIpc) is 2.94. The Morgan fingerprint density at radius 2 is 2.00 bits per heavy atom. The lowest BCUT2D eigenvalue weighted by Gasteiger charge is -2.43. The zero-order chi connectivity index (χ0) is 29.3. The number of benzene rings is 1. The van der Waals surface area contributed by atoms with Gasteiger partial charge in [-0.3, -0.25) is 4.90 Å². The minimum atomic E-state index is -0.517. The second kappa shape index (κ2) is 14.6. The number of hydrogen-bond acceptors (Lipinski definition) is 6. The lowest BCUT2D eigenvalue weighted by atomic mass is 9.87. The molecule has 1 amide bonds. The molecule has 1 aromatic carbocycles. The fourth-order valence-corrected chi connectivity index (χ4v) is 5.65. The first-order chi connectivity index (χ1) is 19.1. The van der Waals surface area contributed by atoms with Gasteiger partial charge in [0.2, 0.25) is 0 Å². The molecule has 0 spiro atoms. The van der Waals surface area contributed by atoms with Crippen molar-refractivity contribution in [1.29, 1.82) is 0 Å². The van der Waals surface area contributed by atoms with Gasteiger partial charge in [-0.05, 0) is 82.0 Å². The van der Waals surface area contributed by atoms with Crippen molar-refractivity contribution in [3.8, 4) is 0 Å². The van der Waals surface area contributed by atoms with Crippen molar-refractivity contribution in [1.82, 2.24) is 20.0 Å². The Morgan fingerprint density at radius 1 is 1.27 bits per heavy atom. The molecule has 2 unspecified atom stereocenters. The number of nitrogens with one attached hydrogen (secondary N) is 1. The van der Waals surface area contributed by atoms with Crippen LogP contribution in [0.1, 0.15) is 71.0 Å². The molecule has 1 fully saturated rings. The van der Waals surface area contributed by atoms with Crippen LogP contribution in [0.15, 0.2) is 61.1 Å². The maximum atomic E-state index is 12.8. The van der Waals surface area contributed by atoms with Crippen LogP contribution in [0, 0.1) is 0 Å². The minimum absolute atomic E-state index is 0.00271. The number of nitrogens with two attached hydrogens (primary N) is 1. The summed E-state index contributed by atoms with van der Waals surface area (Å²) in [5, 5.41) is 4.37. The highest BCUT2D eigenvalue weighted by Crippen LogP contribution is 2.38. The molecule has 1 heterocycles. The van der Waals surface area contributed by atoms with E-state index < -0.39 is 5.60 Å². The number of hydrogen-bond donors (Lipinski definition) is 2. The van der Waals surface area contributed by atoms with E-state index in [-0.39, 0.29) is 18.2 Å². The summed E-state index contributed by atoms with van der Waals surface area (Å²) >= 11 is 6.63. The maximum Gasteiger partial charge on any atom is 0.410 e. The number of allylic oxidation sites excluding steroid dienone is 2. The van der Waals surface area contributed by atoms with E-state index in [1.54, 1.807) is 6.20 Å². The number of amides is 1. The average molecular weight is 570 g/mol. The SMILES string of the molecule is C=C1CC/C=C(/CN(/C=C\N)CCC)c2cc(Cl)ccc2C(N2CCN(C(=O)OC(C)(C)C)CC2)C1N/C=C\C. The summed E-state index contributed by atoms with van der Waals surface area (Å²) in [5.74, 6) is 0. The predicted octanol–water partition coefficient (Wildman–Crippen LogP) is 6.30. The van der Waals surface area contributed by atoms with Crippen LogP contribution in [0.2, 0.25) is 5.02 Å². The van der Waals surface area contributed by atoms with Crippen LogP contribution >= 0.6 is 11.6 Å². The Bertz CT molecular complexity index is 1100. The molecule has 1 aliphatic heterocycles. The molecule has 1 saturated heterocycles. The Hall–Kier alpha value is -2.90. The van der Waals surface area contributed by atoms with Crippen LogP contribution in [0.5, 0.6) is 0 Å². The first kappa shape index (κ1) is 31.6. The molecule has 0 aromatic heterocycles. The Morgan fingerprint density at radius 3 is 2.62 bits per heavy atom. The summed E-state index contributed by atoms with van der Waals surface area (Å²) in [6.07, 6.45) is 12.5. The monoisotopic (exact) mass is 569 g/mol. The number of fused-ring (bicyclic) bond motifs is 1. The second-order valence-electron chi connectivity index (χ2n) is 11.6. The molecule has 3 N–H and O–H groups in total. The van der Waals surface area contributed by atoms with Crippen molar-refractivity contribution >= 4 is 23.3 Å². The highest BCUT2D eigenvalue weighted by atomic mass is 35.5. The Kier molecular flexibility index (Phi) is 11.6. The van der Waals surface area contributed by atoms with Gasteiger partial charge >= 0.3 is 6.09 Å². The van der Waals surface area contributed by atoms with Crippen molar-refractivity contribution < 1.29 is 9.53 Å². The van der Waals surface area contributed by atoms with Crippen molar-refractivity contribution in [3.63, 3.8) is 0 Å². The molecule has 220 valence electrons.